The number of hydrogen-bond acceptors (Lipinski definition) is 4. The van der Waals surface area contributed by atoms with Crippen LogP contribution in [0.4, 0.5) is 0 Å². The van der Waals surface area contributed by atoms with E-state index in [4.69, 9.17) is 9.47 Å². The predicted octanol–water partition coefficient (Wildman–Crippen LogP) is 2.63. The first-order chi connectivity index (χ1) is 11.6. The molecule has 0 fully saturated rings. The Morgan fingerprint density at radius 2 is 1.62 bits per heavy atom. The maximum absolute atomic E-state index is 11.9. The summed E-state index contributed by atoms with van der Waals surface area (Å²) < 4.78 is 37.0. The highest BCUT2D eigenvalue weighted by molar-refractivity contribution is 7.89. The van der Waals surface area contributed by atoms with Crippen molar-refractivity contribution >= 4 is 10.0 Å². The summed E-state index contributed by atoms with van der Waals surface area (Å²) in [5.74, 6) is 1.55. The molecule has 1 N–H and O–H groups in total. The van der Waals surface area contributed by atoms with Gasteiger partial charge in [-0.3, -0.25) is 0 Å². The fourth-order valence-electron chi connectivity index (χ4n) is 2.22. The minimum absolute atomic E-state index is 0.116. The molecule has 0 aliphatic rings. The SMILES string of the molecule is COc1ccc(OCCNS(=O)(=O)CCCc2ccccc2)cc1. The summed E-state index contributed by atoms with van der Waals surface area (Å²) in [5.41, 5.74) is 1.15. The van der Waals surface area contributed by atoms with Gasteiger partial charge in [0.15, 0.2) is 0 Å². The highest BCUT2D eigenvalue weighted by atomic mass is 32.2. The molecule has 6 heteroatoms. The lowest BCUT2D eigenvalue weighted by Gasteiger charge is -2.09. The number of sulfonamides is 1. The number of methoxy groups -OCH3 is 1. The molecular weight excluding hydrogens is 326 g/mol. The molecule has 0 spiro atoms. The summed E-state index contributed by atoms with van der Waals surface area (Å²) in [5, 5.41) is 0. The molecule has 0 unspecified atom stereocenters. The minimum Gasteiger partial charge on any atom is -0.497 e. The van der Waals surface area contributed by atoms with E-state index in [9.17, 15) is 8.42 Å². The molecule has 2 aromatic carbocycles. The average Bonchev–Trinajstić information content (AvgIpc) is 2.60. The summed E-state index contributed by atoms with van der Waals surface area (Å²) >= 11 is 0. The van der Waals surface area contributed by atoms with Crippen molar-refractivity contribution in [2.24, 2.45) is 0 Å². The summed E-state index contributed by atoms with van der Waals surface area (Å²) in [6, 6.07) is 17.0. The van der Waals surface area contributed by atoms with Crippen molar-refractivity contribution in [3.63, 3.8) is 0 Å². The maximum atomic E-state index is 11.9. The summed E-state index contributed by atoms with van der Waals surface area (Å²) in [6.07, 6.45) is 1.35. The van der Waals surface area contributed by atoms with Gasteiger partial charge in [-0.1, -0.05) is 30.3 Å². The van der Waals surface area contributed by atoms with E-state index in [1.807, 2.05) is 30.3 Å². The molecule has 2 aromatic rings. The molecule has 0 heterocycles. The van der Waals surface area contributed by atoms with Gasteiger partial charge < -0.3 is 9.47 Å². The lowest BCUT2D eigenvalue weighted by Crippen LogP contribution is -2.30. The number of ether oxygens (including phenoxy) is 2. The predicted molar refractivity (Wildman–Crippen MR) is 95.0 cm³/mol. The average molecular weight is 349 g/mol. The van der Waals surface area contributed by atoms with Crippen molar-refractivity contribution in [2.75, 3.05) is 26.0 Å². The van der Waals surface area contributed by atoms with Gasteiger partial charge in [-0.05, 0) is 42.7 Å². The largest absolute Gasteiger partial charge is 0.497 e. The van der Waals surface area contributed by atoms with Gasteiger partial charge in [0, 0.05) is 6.54 Å². The molecule has 0 radical (unpaired) electrons. The van der Waals surface area contributed by atoms with Gasteiger partial charge in [-0.25, -0.2) is 13.1 Å². The van der Waals surface area contributed by atoms with Gasteiger partial charge in [0.05, 0.1) is 12.9 Å². The van der Waals surface area contributed by atoms with Gasteiger partial charge in [-0.2, -0.15) is 0 Å². The topological polar surface area (TPSA) is 64.6 Å². The number of aryl methyl sites for hydroxylation is 1. The Bertz CT molecular complexity index is 700. The Morgan fingerprint density at radius 1 is 0.958 bits per heavy atom. The van der Waals surface area contributed by atoms with E-state index >= 15 is 0 Å². The Kier molecular flexibility index (Phi) is 7.08. The van der Waals surface area contributed by atoms with Crippen LogP contribution in [0.3, 0.4) is 0 Å². The second-order valence-corrected chi connectivity index (χ2v) is 7.25. The van der Waals surface area contributed by atoms with E-state index in [0.717, 1.165) is 17.7 Å². The fourth-order valence-corrected chi connectivity index (χ4v) is 3.28. The van der Waals surface area contributed by atoms with Crippen LogP contribution in [0.25, 0.3) is 0 Å². The zero-order chi connectivity index (χ0) is 17.3. The molecule has 0 amide bonds. The van der Waals surface area contributed by atoms with Crippen LogP contribution in [0.2, 0.25) is 0 Å². The number of rotatable bonds is 10. The van der Waals surface area contributed by atoms with Crippen molar-refractivity contribution in [2.45, 2.75) is 12.8 Å². The van der Waals surface area contributed by atoms with E-state index in [0.29, 0.717) is 12.2 Å². The quantitative estimate of drug-likeness (QED) is 0.670. The van der Waals surface area contributed by atoms with Crippen LogP contribution in [0, 0.1) is 0 Å². The third-order valence-corrected chi connectivity index (χ3v) is 4.94. The molecule has 0 aromatic heterocycles. The first-order valence-electron chi connectivity index (χ1n) is 7.87. The molecule has 0 atom stereocenters. The summed E-state index contributed by atoms with van der Waals surface area (Å²) in [4.78, 5) is 0. The van der Waals surface area contributed by atoms with Crippen molar-refractivity contribution in [3.8, 4) is 11.5 Å². The van der Waals surface area contributed by atoms with E-state index in [2.05, 4.69) is 4.72 Å². The standard InChI is InChI=1S/C18H23NO4S/c1-22-17-9-11-18(12-10-17)23-14-13-19-24(20,21)15-5-8-16-6-3-2-4-7-16/h2-4,6-7,9-12,19H,5,8,13-15H2,1H3. The van der Waals surface area contributed by atoms with E-state index < -0.39 is 10.0 Å². The Hall–Kier alpha value is -2.05. The number of benzene rings is 2. The van der Waals surface area contributed by atoms with Crippen LogP contribution in [0.1, 0.15) is 12.0 Å². The molecule has 5 nitrogen and oxygen atoms in total. The normalized spacial score (nSPS) is 11.2. The maximum Gasteiger partial charge on any atom is 0.211 e. The third kappa shape index (κ3) is 6.60. The molecule has 0 aliphatic heterocycles. The number of hydrogen-bond donors (Lipinski definition) is 1. The molecule has 0 saturated heterocycles. The van der Waals surface area contributed by atoms with Crippen molar-refractivity contribution in [1.29, 1.82) is 0 Å². The van der Waals surface area contributed by atoms with E-state index in [1.165, 1.54) is 0 Å². The van der Waals surface area contributed by atoms with E-state index in [-0.39, 0.29) is 18.9 Å². The molecule has 24 heavy (non-hydrogen) atoms. The van der Waals surface area contributed by atoms with Crippen LogP contribution in [-0.4, -0.2) is 34.4 Å². The first kappa shape index (κ1) is 18.3. The van der Waals surface area contributed by atoms with Crippen molar-refractivity contribution in [3.05, 3.63) is 60.2 Å². The van der Waals surface area contributed by atoms with Gasteiger partial charge in [0.2, 0.25) is 10.0 Å². The fraction of sp³-hybridized carbons (Fsp3) is 0.333. The van der Waals surface area contributed by atoms with Crippen LogP contribution < -0.4 is 14.2 Å². The monoisotopic (exact) mass is 349 g/mol. The second-order valence-electron chi connectivity index (χ2n) is 5.33. The molecule has 130 valence electrons. The van der Waals surface area contributed by atoms with Crippen LogP contribution >= 0.6 is 0 Å². The van der Waals surface area contributed by atoms with E-state index in [1.54, 1.807) is 31.4 Å². The molecular formula is C18H23NO4S. The van der Waals surface area contributed by atoms with Gasteiger partial charge in [0.25, 0.3) is 0 Å². The van der Waals surface area contributed by atoms with Crippen LogP contribution in [0.15, 0.2) is 54.6 Å². The molecule has 2 rings (SSSR count). The van der Waals surface area contributed by atoms with Gasteiger partial charge in [-0.15, -0.1) is 0 Å². The lowest BCUT2D eigenvalue weighted by molar-refractivity contribution is 0.322. The van der Waals surface area contributed by atoms with Crippen LogP contribution in [0.5, 0.6) is 11.5 Å². The highest BCUT2D eigenvalue weighted by Crippen LogP contribution is 2.16. The van der Waals surface area contributed by atoms with Crippen LogP contribution in [-0.2, 0) is 16.4 Å². The summed E-state index contributed by atoms with van der Waals surface area (Å²) in [7, 11) is -1.67. The molecule has 0 saturated carbocycles. The third-order valence-electron chi connectivity index (χ3n) is 3.47. The molecule has 0 aliphatic carbocycles. The zero-order valence-electron chi connectivity index (χ0n) is 13.8. The first-order valence-corrected chi connectivity index (χ1v) is 9.52. The Labute approximate surface area is 143 Å². The Balaban J connectivity index is 1.64. The van der Waals surface area contributed by atoms with Gasteiger partial charge in [0.1, 0.15) is 18.1 Å². The zero-order valence-corrected chi connectivity index (χ0v) is 14.6. The van der Waals surface area contributed by atoms with Gasteiger partial charge >= 0.3 is 0 Å². The van der Waals surface area contributed by atoms with Crippen molar-refractivity contribution < 1.29 is 17.9 Å². The summed E-state index contributed by atoms with van der Waals surface area (Å²) in [6.45, 7) is 0.532. The lowest BCUT2D eigenvalue weighted by atomic mass is 10.1. The Morgan fingerprint density at radius 3 is 2.29 bits per heavy atom. The number of nitrogens with one attached hydrogen (secondary N) is 1. The smallest absolute Gasteiger partial charge is 0.211 e. The molecule has 0 bridgehead atoms. The second kappa shape index (κ2) is 9.30. The highest BCUT2D eigenvalue weighted by Gasteiger charge is 2.09. The van der Waals surface area contributed by atoms with Crippen molar-refractivity contribution in [1.82, 2.24) is 4.72 Å². The minimum atomic E-state index is -3.27.